The van der Waals surface area contributed by atoms with E-state index in [1.165, 1.54) is 0 Å². The third-order valence-corrected chi connectivity index (χ3v) is 4.85. The van der Waals surface area contributed by atoms with Crippen molar-refractivity contribution in [3.8, 4) is 5.75 Å². The van der Waals surface area contributed by atoms with Crippen molar-refractivity contribution in [3.05, 3.63) is 65.7 Å². The number of carbonyl (C=O) groups is 2. The molecule has 1 unspecified atom stereocenters. The molecule has 0 aromatic heterocycles. The Morgan fingerprint density at radius 1 is 1.11 bits per heavy atom. The molecule has 2 N–H and O–H groups in total. The van der Waals surface area contributed by atoms with Crippen LogP contribution in [0.5, 0.6) is 5.75 Å². The number of piperidine rings is 1. The van der Waals surface area contributed by atoms with E-state index in [1.807, 2.05) is 18.2 Å². The van der Waals surface area contributed by atoms with Gasteiger partial charge in [-0.25, -0.2) is 0 Å². The van der Waals surface area contributed by atoms with Gasteiger partial charge in [-0.15, -0.1) is 0 Å². The SMILES string of the molecule is COc1ccc(C(=O)N[C@@H](C(=O)C2CCCCN2O)c2ccccc2)cc1. The van der Waals surface area contributed by atoms with E-state index < -0.39 is 12.1 Å². The largest absolute Gasteiger partial charge is 0.497 e. The number of ether oxygens (including phenoxy) is 1. The summed E-state index contributed by atoms with van der Waals surface area (Å²) in [5.41, 5.74) is 1.14. The molecular weight excluding hydrogens is 344 g/mol. The van der Waals surface area contributed by atoms with E-state index in [0.29, 0.717) is 29.8 Å². The van der Waals surface area contributed by atoms with E-state index in [1.54, 1.807) is 43.5 Å². The molecule has 6 heteroatoms. The van der Waals surface area contributed by atoms with E-state index in [9.17, 15) is 14.8 Å². The Labute approximate surface area is 158 Å². The predicted molar refractivity (Wildman–Crippen MR) is 101 cm³/mol. The van der Waals surface area contributed by atoms with Crippen LogP contribution in [0.15, 0.2) is 54.6 Å². The van der Waals surface area contributed by atoms with Crippen molar-refractivity contribution in [1.29, 1.82) is 0 Å². The summed E-state index contributed by atoms with van der Waals surface area (Å²) in [7, 11) is 1.56. The van der Waals surface area contributed by atoms with Crippen molar-refractivity contribution in [2.24, 2.45) is 0 Å². The van der Waals surface area contributed by atoms with Gasteiger partial charge in [-0.05, 0) is 49.1 Å². The molecule has 1 aliphatic heterocycles. The molecule has 1 saturated heterocycles. The van der Waals surface area contributed by atoms with Gasteiger partial charge in [-0.1, -0.05) is 30.3 Å². The Balaban J connectivity index is 1.83. The summed E-state index contributed by atoms with van der Waals surface area (Å²) < 4.78 is 5.11. The first-order chi connectivity index (χ1) is 13.1. The van der Waals surface area contributed by atoms with Crippen LogP contribution in [0.1, 0.15) is 41.2 Å². The van der Waals surface area contributed by atoms with Crippen LogP contribution < -0.4 is 10.1 Å². The molecule has 0 aliphatic carbocycles. The topological polar surface area (TPSA) is 78.9 Å². The predicted octanol–water partition coefficient (Wildman–Crippen LogP) is 2.98. The third-order valence-electron chi connectivity index (χ3n) is 4.85. The lowest BCUT2D eigenvalue weighted by molar-refractivity contribution is -0.162. The molecule has 1 heterocycles. The van der Waals surface area contributed by atoms with Crippen molar-refractivity contribution in [3.63, 3.8) is 0 Å². The van der Waals surface area contributed by atoms with Gasteiger partial charge in [0, 0.05) is 12.1 Å². The Morgan fingerprint density at radius 2 is 1.81 bits per heavy atom. The monoisotopic (exact) mass is 368 g/mol. The number of Topliss-reactive ketones (excluding diaryl/α,β-unsaturated/α-hetero) is 1. The zero-order chi connectivity index (χ0) is 19.2. The lowest BCUT2D eigenvalue weighted by Gasteiger charge is -2.32. The lowest BCUT2D eigenvalue weighted by Crippen LogP contribution is -2.48. The van der Waals surface area contributed by atoms with E-state index in [2.05, 4.69) is 5.32 Å². The van der Waals surface area contributed by atoms with Gasteiger partial charge in [-0.2, -0.15) is 5.06 Å². The minimum atomic E-state index is -0.821. The number of nitrogens with zero attached hydrogens (tertiary/aromatic N) is 1. The summed E-state index contributed by atoms with van der Waals surface area (Å²) in [5, 5.41) is 14.1. The Hall–Kier alpha value is -2.70. The number of carbonyl (C=O) groups excluding carboxylic acids is 2. The minimum absolute atomic E-state index is 0.203. The van der Waals surface area contributed by atoms with Gasteiger partial charge >= 0.3 is 0 Å². The van der Waals surface area contributed by atoms with Crippen molar-refractivity contribution in [1.82, 2.24) is 10.4 Å². The van der Waals surface area contributed by atoms with E-state index >= 15 is 0 Å². The maximum atomic E-state index is 13.1. The maximum absolute atomic E-state index is 13.1. The summed E-state index contributed by atoms with van der Waals surface area (Å²) in [6.45, 7) is 0.463. The standard InChI is InChI=1S/C21H24N2O4/c1-27-17-12-10-16(11-13-17)21(25)22-19(15-7-3-2-4-8-15)20(24)18-9-5-6-14-23(18)26/h2-4,7-8,10-13,18-19,26H,5-6,9,14H2,1H3,(H,22,25)/t18?,19-/m1/s1. The van der Waals surface area contributed by atoms with Crippen LogP contribution >= 0.6 is 0 Å². The third kappa shape index (κ3) is 4.53. The summed E-state index contributed by atoms with van der Waals surface area (Å²) >= 11 is 0. The van der Waals surface area contributed by atoms with Crippen molar-refractivity contribution < 1.29 is 19.5 Å². The highest BCUT2D eigenvalue weighted by Crippen LogP contribution is 2.24. The van der Waals surface area contributed by atoms with Gasteiger partial charge in [0.05, 0.1) is 13.2 Å². The first-order valence-electron chi connectivity index (χ1n) is 9.09. The average Bonchev–Trinajstić information content (AvgIpc) is 2.72. The zero-order valence-electron chi connectivity index (χ0n) is 15.3. The summed E-state index contributed by atoms with van der Waals surface area (Å²) in [6.07, 6.45) is 2.31. The molecule has 27 heavy (non-hydrogen) atoms. The summed E-state index contributed by atoms with van der Waals surface area (Å²) in [4.78, 5) is 25.9. The molecule has 6 nitrogen and oxygen atoms in total. The molecule has 2 atom stereocenters. The minimum Gasteiger partial charge on any atom is -0.497 e. The number of ketones is 1. The Morgan fingerprint density at radius 3 is 2.44 bits per heavy atom. The van der Waals surface area contributed by atoms with E-state index in [4.69, 9.17) is 4.74 Å². The molecule has 2 aromatic rings. The van der Waals surface area contributed by atoms with Gasteiger partial charge in [0.25, 0.3) is 5.91 Å². The second kappa shape index (κ2) is 8.79. The number of hydroxylamine groups is 2. The lowest BCUT2D eigenvalue weighted by atomic mass is 9.92. The zero-order valence-corrected chi connectivity index (χ0v) is 15.3. The smallest absolute Gasteiger partial charge is 0.252 e. The molecular formula is C21H24N2O4. The normalized spacial score (nSPS) is 18.5. The second-order valence-corrected chi connectivity index (χ2v) is 6.62. The molecule has 0 radical (unpaired) electrons. The number of methoxy groups -OCH3 is 1. The summed E-state index contributed by atoms with van der Waals surface area (Å²) in [6, 6.07) is 14.4. The number of hydrogen-bond acceptors (Lipinski definition) is 5. The van der Waals surface area contributed by atoms with Gasteiger partial charge < -0.3 is 15.3 Å². The average molecular weight is 368 g/mol. The van der Waals surface area contributed by atoms with E-state index in [-0.39, 0.29) is 11.7 Å². The number of benzene rings is 2. The first kappa shape index (κ1) is 19.1. The number of hydrogen-bond donors (Lipinski definition) is 2. The Kier molecular flexibility index (Phi) is 6.21. The van der Waals surface area contributed by atoms with Crippen LogP contribution in [-0.4, -0.2) is 41.7 Å². The molecule has 1 aliphatic rings. The highest BCUT2D eigenvalue weighted by molar-refractivity contribution is 5.99. The van der Waals surface area contributed by atoms with Crippen LogP contribution in [0.3, 0.4) is 0 Å². The van der Waals surface area contributed by atoms with Gasteiger partial charge in [-0.3, -0.25) is 9.59 Å². The fraction of sp³-hybridized carbons (Fsp3) is 0.333. The van der Waals surface area contributed by atoms with Crippen LogP contribution in [0.25, 0.3) is 0 Å². The van der Waals surface area contributed by atoms with Gasteiger partial charge in [0.1, 0.15) is 11.8 Å². The fourth-order valence-corrected chi connectivity index (χ4v) is 3.32. The highest BCUT2D eigenvalue weighted by Gasteiger charge is 2.34. The van der Waals surface area contributed by atoms with E-state index in [0.717, 1.165) is 17.9 Å². The molecule has 142 valence electrons. The summed E-state index contributed by atoms with van der Waals surface area (Å²) in [5.74, 6) is 0.103. The molecule has 3 rings (SSSR count). The van der Waals surface area contributed by atoms with Crippen LogP contribution in [0.2, 0.25) is 0 Å². The molecule has 0 spiro atoms. The molecule has 1 amide bonds. The molecule has 1 fully saturated rings. The number of nitrogens with one attached hydrogen (secondary N) is 1. The van der Waals surface area contributed by atoms with Gasteiger partial charge in [0.2, 0.25) is 0 Å². The van der Waals surface area contributed by atoms with Gasteiger partial charge in [0.15, 0.2) is 5.78 Å². The van der Waals surface area contributed by atoms with Crippen molar-refractivity contribution in [2.75, 3.05) is 13.7 Å². The van der Waals surface area contributed by atoms with Crippen LogP contribution in [-0.2, 0) is 4.79 Å². The second-order valence-electron chi connectivity index (χ2n) is 6.62. The van der Waals surface area contributed by atoms with Crippen LogP contribution in [0.4, 0.5) is 0 Å². The first-order valence-corrected chi connectivity index (χ1v) is 9.09. The maximum Gasteiger partial charge on any atom is 0.252 e. The Bertz CT molecular complexity index is 777. The fourth-order valence-electron chi connectivity index (χ4n) is 3.32. The highest BCUT2D eigenvalue weighted by atomic mass is 16.5. The van der Waals surface area contributed by atoms with Crippen molar-refractivity contribution >= 4 is 11.7 Å². The van der Waals surface area contributed by atoms with Crippen molar-refractivity contribution in [2.45, 2.75) is 31.3 Å². The molecule has 0 bridgehead atoms. The van der Waals surface area contributed by atoms with Crippen LogP contribution in [0, 0.1) is 0 Å². The molecule has 0 saturated carbocycles. The quantitative estimate of drug-likeness (QED) is 0.820. The molecule has 2 aromatic carbocycles. The number of rotatable bonds is 6. The number of amides is 1.